The molecule has 1 heterocycles. The highest BCUT2D eigenvalue weighted by Gasteiger charge is 2.10. The van der Waals surface area contributed by atoms with Gasteiger partial charge in [-0.3, -0.25) is 0 Å². The fraction of sp³-hybridized carbons (Fsp3) is 0.875. The maximum absolute atomic E-state index is 3.57. The van der Waals surface area contributed by atoms with E-state index in [1.165, 1.54) is 51.4 Å². The number of nitrogens with one attached hydrogen (secondary N) is 1. The van der Waals surface area contributed by atoms with Gasteiger partial charge >= 0.3 is 0 Å². The minimum absolute atomic E-state index is 0.668. The second-order valence-electron chi connectivity index (χ2n) is 5.29. The minimum atomic E-state index is 0.668. The van der Waals surface area contributed by atoms with E-state index in [0.717, 1.165) is 13.1 Å². The zero-order valence-corrected chi connectivity index (χ0v) is 11.7. The molecule has 1 saturated heterocycles. The molecular formula is C16H29N. The van der Waals surface area contributed by atoms with Crippen molar-refractivity contribution in [3.63, 3.8) is 0 Å². The summed E-state index contributed by atoms with van der Waals surface area (Å²) in [5.74, 6) is 8.45. The Hall–Kier alpha value is -0.480. The van der Waals surface area contributed by atoms with E-state index >= 15 is 0 Å². The van der Waals surface area contributed by atoms with E-state index in [9.17, 15) is 0 Å². The SMILES string of the molecule is CCCCCC(C#CC1CCNCC1)CCC. The first-order valence-corrected chi connectivity index (χ1v) is 7.58. The van der Waals surface area contributed by atoms with Gasteiger partial charge in [0, 0.05) is 11.8 Å². The molecule has 0 aromatic carbocycles. The van der Waals surface area contributed by atoms with Crippen LogP contribution < -0.4 is 5.32 Å². The van der Waals surface area contributed by atoms with E-state index in [2.05, 4.69) is 31.0 Å². The van der Waals surface area contributed by atoms with Crippen LogP contribution in [0.3, 0.4) is 0 Å². The summed E-state index contributed by atoms with van der Waals surface area (Å²) in [6.07, 6.45) is 10.4. The summed E-state index contributed by atoms with van der Waals surface area (Å²) in [5, 5.41) is 3.40. The molecule has 1 atom stereocenters. The van der Waals surface area contributed by atoms with Gasteiger partial charge in [-0.05, 0) is 38.8 Å². The van der Waals surface area contributed by atoms with Crippen LogP contribution in [0.2, 0.25) is 0 Å². The molecule has 0 aliphatic carbocycles. The van der Waals surface area contributed by atoms with Gasteiger partial charge in [0.05, 0.1) is 0 Å². The molecule has 0 radical (unpaired) electrons. The van der Waals surface area contributed by atoms with Crippen molar-refractivity contribution in [3.05, 3.63) is 0 Å². The summed E-state index contributed by atoms with van der Waals surface area (Å²) in [4.78, 5) is 0. The first-order valence-electron chi connectivity index (χ1n) is 7.58. The quantitative estimate of drug-likeness (QED) is 0.542. The van der Waals surface area contributed by atoms with Gasteiger partial charge in [-0.2, -0.15) is 0 Å². The fourth-order valence-corrected chi connectivity index (χ4v) is 2.48. The van der Waals surface area contributed by atoms with Crippen LogP contribution in [0.25, 0.3) is 0 Å². The van der Waals surface area contributed by atoms with Gasteiger partial charge in [0.1, 0.15) is 0 Å². The molecule has 1 rings (SSSR count). The van der Waals surface area contributed by atoms with Crippen molar-refractivity contribution in [1.29, 1.82) is 0 Å². The smallest absolute Gasteiger partial charge is 0.0227 e. The lowest BCUT2D eigenvalue weighted by Gasteiger charge is -2.18. The number of unbranched alkanes of at least 4 members (excludes halogenated alkanes) is 2. The molecule has 1 aliphatic heterocycles. The lowest BCUT2D eigenvalue weighted by Crippen LogP contribution is -2.27. The van der Waals surface area contributed by atoms with Crippen molar-refractivity contribution in [3.8, 4) is 11.8 Å². The largest absolute Gasteiger partial charge is 0.317 e. The Kier molecular flexibility index (Phi) is 8.18. The van der Waals surface area contributed by atoms with Crippen molar-refractivity contribution in [2.24, 2.45) is 11.8 Å². The predicted octanol–water partition coefficient (Wildman–Crippen LogP) is 3.99. The molecule has 0 aromatic rings. The molecule has 0 saturated carbocycles. The molecule has 1 heteroatoms. The highest BCUT2D eigenvalue weighted by atomic mass is 14.9. The third-order valence-corrected chi connectivity index (χ3v) is 3.62. The van der Waals surface area contributed by atoms with Crippen LogP contribution in [-0.2, 0) is 0 Å². The van der Waals surface area contributed by atoms with Crippen molar-refractivity contribution in [2.45, 2.75) is 65.2 Å². The number of piperidine rings is 1. The Bertz CT molecular complexity index is 230. The third kappa shape index (κ3) is 6.74. The Labute approximate surface area is 108 Å². The molecule has 0 aromatic heterocycles. The van der Waals surface area contributed by atoms with E-state index in [1.807, 2.05) is 0 Å². The Morgan fingerprint density at radius 1 is 1.06 bits per heavy atom. The van der Waals surface area contributed by atoms with Gasteiger partial charge in [0.2, 0.25) is 0 Å². The molecule has 0 bridgehead atoms. The summed E-state index contributed by atoms with van der Waals surface area (Å²) in [6, 6.07) is 0. The lowest BCUT2D eigenvalue weighted by atomic mass is 9.94. The summed E-state index contributed by atoms with van der Waals surface area (Å²) >= 11 is 0. The van der Waals surface area contributed by atoms with E-state index < -0.39 is 0 Å². The second-order valence-corrected chi connectivity index (χ2v) is 5.29. The molecule has 0 spiro atoms. The van der Waals surface area contributed by atoms with Gasteiger partial charge in [0.15, 0.2) is 0 Å². The van der Waals surface area contributed by atoms with Crippen molar-refractivity contribution < 1.29 is 0 Å². The van der Waals surface area contributed by atoms with Crippen LogP contribution in [-0.4, -0.2) is 13.1 Å². The monoisotopic (exact) mass is 235 g/mol. The standard InChI is InChI=1S/C16H29N/c1-3-5-6-8-15(7-4-2)9-10-16-11-13-17-14-12-16/h15-17H,3-8,11-14H2,1-2H3. The van der Waals surface area contributed by atoms with Crippen LogP contribution >= 0.6 is 0 Å². The third-order valence-electron chi connectivity index (χ3n) is 3.62. The van der Waals surface area contributed by atoms with Crippen molar-refractivity contribution >= 4 is 0 Å². The van der Waals surface area contributed by atoms with Crippen LogP contribution in [0, 0.1) is 23.7 Å². The van der Waals surface area contributed by atoms with Gasteiger partial charge in [-0.15, -0.1) is 0 Å². The highest BCUT2D eigenvalue weighted by molar-refractivity contribution is 5.08. The maximum atomic E-state index is 3.57. The van der Waals surface area contributed by atoms with E-state index in [0.29, 0.717) is 11.8 Å². The maximum Gasteiger partial charge on any atom is 0.0227 e. The van der Waals surface area contributed by atoms with Gasteiger partial charge < -0.3 is 5.32 Å². The first kappa shape index (κ1) is 14.6. The van der Waals surface area contributed by atoms with Crippen molar-refractivity contribution in [1.82, 2.24) is 5.32 Å². The normalized spacial score (nSPS) is 18.5. The molecule has 1 aliphatic rings. The van der Waals surface area contributed by atoms with Gasteiger partial charge in [0.25, 0.3) is 0 Å². The molecule has 1 nitrogen and oxygen atoms in total. The average Bonchev–Trinajstić information content (AvgIpc) is 2.37. The Balaban J connectivity index is 2.32. The van der Waals surface area contributed by atoms with Gasteiger partial charge in [-0.25, -0.2) is 0 Å². The predicted molar refractivity (Wildman–Crippen MR) is 75.9 cm³/mol. The molecule has 1 unspecified atom stereocenters. The van der Waals surface area contributed by atoms with E-state index in [-0.39, 0.29) is 0 Å². The Morgan fingerprint density at radius 3 is 2.47 bits per heavy atom. The summed E-state index contributed by atoms with van der Waals surface area (Å²) < 4.78 is 0. The molecule has 0 amide bonds. The van der Waals surface area contributed by atoms with E-state index in [1.54, 1.807) is 0 Å². The summed E-state index contributed by atoms with van der Waals surface area (Å²) in [6.45, 7) is 6.87. The zero-order valence-electron chi connectivity index (χ0n) is 11.7. The van der Waals surface area contributed by atoms with Crippen molar-refractivity contribution in [2.75, 3.05) is 13.1 Å². The van der Waals surface area contributed by atoms with Crippen LogP contribution in [0.5, 0.6) is 0 Å². The topological polar surface area (TPSA) is 12.0 Å². The number of hydrogen-bond donors (Lipinski definition) is 1. The highest BCUT2D eigenvalue weighted by Crippen LogP contribution is 2.16. The average molecular weight is 235 g/mol. The van der Waals surface area contributed by atoms with Crippen LogP contribution in [0.4, 0.5) is 0 Å². The summed E-state index contributed by atoms with van der Waals surface area (Å²) in [5.41, 5.74) is 0. The fourth-order valence-electron chi connectivity index (χ4n) is 2.48. The lowest BCUT2D eigenvalue weighted by molar-refractivity contribution is 0.445. The minimum Gasteiger partial charge on any atom is -0.317 e. The zero-order chi connectivity index (χ0) is 12.3. The van der Waals surface area contributed by atoms with Gasteiger partial charge in [-0.1, -0.05) is 51.4 Å². The number of rotatable bonds is 6. The molecule has 1 N–H and O–H groups in total. The van der Waals surface area contributed by atoms with Crippen LogP contribution in [0.15, 0.2) is 0 Å². The van der Waals surface area contributed by atoms with Crippen LogP contribution in [0.1, 0.15) is 65.2 Å². The molecule has 17 heavy (non-hydrogen) atoms. The summed E-state index contributed by atoms with van der Waals surface area (Å²) in [7, 11) is 0. The Morgan fingerprint density at radius 2 is 1.82 bits per heavy atom. The molecular weight excluding hydrogens is 206 g/mol. The first-order chi connectivity index (χ1) is 8.36. The molecule has 98 valence electrons. The number of hydrogen-bond acceptors (Lipinski definition) is 1. The van der Waals surface area contributed by atoms with E-state index in [4.69, 9.17) is 0 Å². The molecule has 1 fully saturated rings. The second kappa shape index (κ2) is 9.54.